The predicted molar refractivity (Wildman–Crippen MR) is 118 cm³/mol. The molecule has 0 bridgehead atoms. The Labute approximate surface area is 184 Å². The molecule has 0 fully saturated rings. The maximum Gasteiger partial charge on any atom is 0.251 e. The van der Waals surface area contributed by atoms with Crippen LogP contribution in [0.3, 0.4) is 0 Å². The Morgan fingerprint density at radius 1 is 1.13 bits per heavy atom. The van der Waals surface area contributed by atoms with Gasteiger partial charge in [0.1, 0.15) is 5.75 Å². The van der Waals surface area contributed by atoms with Crippen molar-refractivity contribution in [2.45, 2.75) is 18.1 Å². The molecule has 2 heterocycles. The van der Waals surface area contributed by atoms with Gasteiger partial charge in [-0.25, -0.2) is 0 Å². The fourth-order valence-electron chi connectivity index (χ4n) is 3.43. The van der Waals surface area contributed by atoms with E-state index in [4.69, 9.17) is 4.74 Å². The smallest absolute Gasteiger partial charge is 0.251 e. The molecule has 0 unspecified atom stereocenters. The largest absolute Gasteiger partial charge is 0.497 e. The van der Waals surface area contributed by atoms with E-state index in [1.807, 2.05) is 30.1 Å². The number of benzene rings is 2. The molecule has 0 spiro atoms. The number of rotatable bonds is 7. The second kappa shape index (κ2) is 9.22. The Bertz CT molecular complexity index is 1100. The zero-order chi connectivity index (χ0) is 21.8. The molecule has 1 aliphatic rings. The Balaban J connectivity index is 1.32. The molecule has 3 aromatic rings. The lowest BCUT2D eigenvalue weighted by Gasteiger charge is -2.16. The molecule has 0 atom stereocenters. The van der Waals surface area contributed by atoms with Crippen LogP contribution in [0.25, 0.3) is 0 Å². The molecule has 1 aliphatic heterocycles. The van der Waals surface area contributed by atoms with Gasteiger partial charge in [0.25, 0.3) is 5.91 Å². The normalized spacial score (nSPS) is 12.5. The van der Waals surface area contributed by atoms with Gasteiger partial charge in [-0.3, -0.25) is 9.59 Å². The number of aromatic nitrogens is 3. The number of para-hydroxylation sites is 1. The van der Waals surface area contributed by atoms with Gasteiger partial charge in [0.15, 0.2) is 11.0 Å². The minimum Gasteiger partial charge on any atom is -0.497 e. The summed E-state index contributed by atoms with van der Waals surface area (Å²) in [6, 6.07) is 14.9. The van der Waals surface area contributed by atoms with Gasteiger partial charge >= 0.3 is 0 Å². The van der Waals surface area contributed by atoms with Crippen molar-refractivity contribution < 1.29 is 14.3 Å². The number of nitrogens with zero attached hydrogens (tertiary/aromatic N) is 4. The molecule has 0 saturated heterocycles. The van der Waals surface area contributed by atoms with Crippen molar-refractivity contribution in [2.24, 2.45) is 7.05 Å². The first-order chi connectivity index (χ1) is 15.1. The van der Waals surface area contributed by atoms with Crippen LogP contribution in [0.4, 0.5) is 5.69 Å². The van der Waals surface area contributed by atoms with E-state index in [0.717, 1.165) is 12.1 Å². The van der Waals surface area contributed by atoms with E-state index in [-0.39, 0.29) is 24.1 Å². The van der Waals surface area contributed by atoms with Gasteiger partial charge in [0.05, 0.1) is 19.4 Å². The molecule has 8 nitrogen and oxygen atoms in total. The average molecular weight is 438 g/mol. The maximum atomic E-state index is 12.7. The lowest BCUT2D eigenvalue weighted by atomic mass is 10.2. The molecule has 31 heavy (non-hydrogen) atoms. The number of ether oxygens (including phenoxy) is 1. The highest BCUT2D eigenvalue weighted by atomic mass is 32.2. The summed E-state index contributed by atoms with van der Waals surface area (Å²) in [6.07, 6.45) is 0.884. The number of carbonyl (C=O) groups excluding carboxylic acids is 2. The first-order valence-corrected chi connectivity index (χ1v) is 10.9. The van der Waals surface area contributed by atoms with Crippen LogP contribution in [0.15, 0.2) is 53.7 Å². The molecule has 160 valence electrons. The Kier molecular flexibility index (Phi) is 6.22. The summed E-state index contributed by atoms with van der Waals surface area (Å²) < 4.78 is 6.90. The maximum absolute atomic E-state index is 12.7. The number of nitrogens with one attached hydrogen (secondary N) is 1. The van der Waals surface area contributed by atoms with Crippen molar-refractivity contribution in [3.63, 3.8) is 0 Å². The zero-order valence-corrected chi connectivity index (χ0v) is 18.2. The predicted octanol–water partition coefficient (Wildman–Crippen LogP) is 2.44. The van der Waals surface area contributed by atoms with Crippen molar-refractivity contribution in [1.29, 1.82) is 0 Å². The van der Waals surface area contributed by atoms with E-state index in [9.17, 15) is 9.59 Å². The summed E-state index contributed by atoms with van der Waals surface area (Å²) in [5, 5.41) is 11.8. The molecule has 0 saturated carbocycles. The molecular formula is C22H23N5O3S. The Hall–Kier alpha value is -3.33. The van der Waals surface area contributed by atoms with Crippen LogP contribution in [0.2, 0.25) is 0 Å². The SMILES string of the molecule is COc1ccc(C(=O)NCc2nnc(SCC(=O)N3CCc4ccccc43)n2C)cc1. The third kappa shape index (κ3) is 4.56. The number of hydrogen-bond donors (Lipinski definition) is 1. The van der Waals surface area contributed by atoms with Gasteiger partial charge < -0.3 is 19.5 Å². The van der Waals surface area contributed by atoms with Crippen LogP contribution in [-0.2, 0) is 24.8 Å². The number of amides is 2. The summed E-state index contributed by atoms with van der Waals surface area (Å²) in [5.41, 5.74) is 2.73. The first-order valence-electron chi connectivity index (χ1n) is 9.88. The van der Waals surface area contributed by atoms with Crippen LogP contribution in [-0.4, -0.2) is 46.0 Å². The van der Waals surface area contributed by atoms with Gasteiger partial charge in [-0.2, -0.15) is 0 Å². The number of carbonyl (C=O) groups is 2. The quantitative estimate of drug-likeness (QED) is 0.571. The van der Waals surface area contributed by atoms with E-state index in [1.165, 1.54) is 17.3 Å². The number of anilines is 1. The van der Waals surface area contributed by atoms with Crippen LogP contribution >= 0.6 is 11.8 Å². The van der Waals surface area contributed by atoms with Crippen molar-refractivity contribution >= 4 is 29.3 Å². The molecule has 2 amide bonds. The summed E-state index contributed by atoms with van der Waals surface area (Å²) in [4.78, 5) is 26.9. The molecule has 0 radical (unpaired) electrons. The zero-order valence-electron chi connectivity index (χ0n) is 17.4. The number of hydrogen-bond acceptors (Lipinski definition) is 6. The van der Waals surface area contributed by atoms with Crippen LogP contribution in [0, 0.1) is 0 Å². The van der Waals surface area contributed by atoms with Gasteiger partial charge in [-0.05, 0) is 42.3 Å². The fraction of sp³-hybridized carbons (Fsp3) is 0.273. The van der Waals surface area contributed by atoms with E-state index >= 15 is 0 Å². The lowest BCUT2D eigenvalue weighted by Crippen LogP contribution is -2.30. The van der Waals surface area contributed by atoms with E-state index in [0.29, 0.717) is 28.8 Å². The van der Waals surface area contributed by atoms with Crippen LogP contribution < -0.4 is 15.0 Å². The highest BCUT2D eigenvalue weighted by Crippen LogP contribution is 2.28. The summed E-state index contributed by atoms with van der Waals surface area (Å²) >= 11 is 1.34. The third-order valence-electron chi connectivity index (χ3n) is 5.20. The molecule has 0 aliphatic carbocycles. The molecule has 1 N–H and O–H groups in total. The van der Waals surface area contributed by atoms with E-state index < -0.39 is 0 Å². The van der Waals surface area contributed by atoms with E-state index in [2.05, 4.69) is 21.6 Å². The fourth-order valence-corrected chi connectivity index (χ4v) is 4.24. The van der Waals surface area contributed by atoms with Crippen molar-refractivity contribution in [2.75, 3.05) is 24.3 Å². The molecule has 2 aromatic carbocycles. The van der Waals surface area contributed by atoms with Crippen LogP contribution in [0.5, 0.6) is 5.75 Å². The van der Waals surface area contributed by atoms with Gasteiger partial charge in [-0.1, -0.05) is 30.0 Å². The van der Waals surface area contributed by atoms with Gasteiger partial charge in [-0.15, -0.1) is 10.2 Å². The average Bonchev–Trinajstić information content (AvgIpc) is 3.39. The minimum atomic E-state index is -0.206. The molecule has 4 rings (SSSR count). The van der Waals surface area contributed by atoms with E-state index in [1.54, 1.807) is 35.9 Å². The second-order valence-corrected chi connectivity index (χ2v) is 8.02. The first kappa shape index (κ1) is 20.9. The molecule has 1 aromatic heterocycles. The van der Waals surface area contributed by atoms with Crippen molar-refractivity contribution in [3.8, 4) is 5.75 Å². The summed E-state index contributed by atoms with van der Waals surface area (Å²) in [6.45, 7) is 0.947. The molecule has 9 heteroatoms. The highest BCUT2D eigenvalue weighted by Gasteiger charge is 2.24. The second-order valence-electron chi connectivity index (χ2n) is 7.08. The number of thioether (sulfide) groups is 1. The Morgan fingerprint density at radius 2 is 1.90 bits per heavy atom. The van der Waals surface area contributed by atoms with Crippen LogP contribution in [0.1, 0.15) is 21.7 Å². The van der Waals surface area contributed by atoms with Gasteiger partial charge in [0.2, 0.25) is 5.91 Å². The summed E-state index contributed by atoms with van der Waals surface area (Å²) in [7, 11) is 3.41. The molecular weight excluding hydrogens is 414 g/mol. The van der Waals surface area contributed by atoms with Crippen molar-refractivity contribution in [1.82, 2.24) is 20.1 Å². The Morgan fingerprint density at radius 3 is 2.68 bits per heavy atom. The van der Waals surface area contributed by atoms with Crippen molar-refractivity contribution in [3.05, 3.63) is 65.5 Å². The monoisotopic (exact) mass is 437 g/mol. The minimum absolute atomic E-state index is 0.0484. The number of fused-ring (bicyclic) bond motifs is 1. The number of methoxy groups -OCH3 is 1. The summed E-state index contributed by atoms with van der Waals surface area (Å²) in [5.74, 6) is 1.43. The topological polar surface area (TPSA) is 89.3 Å². The highest BCUT2D eigenvalue weighted by molar-refractivity contribution is 7.99. The lowest BCUT2D eigenvalue weighted by molar-refractivity contribution is -0.116. The third-order valence-corrected chi connectivity index (χ3v) is 6.20. The van der Waals surface area contributed by atoms with Gasteiger partial charge in [0, 0.05) is 24.8 Å². The standard InChI is InChI=1S/C22H23N5O3S/c1-26-19(13-23-21(29)16-7-9-17(30-2)10-8-16)24-25-22(26)31-14-20(28)27-12-11-15-5-3-4-6-18(15)27/h3-10H,11-14H2,1-2H3,(H,23,29).